The summed E-state index contributed by atoms with van der Waals surface area (Å²) in [5, 5.41) is 3.58. The zero-order valence-corrected chi connectivity index (χ0v) is 14.3. The van der Waals surface area contributed by atoms with Crippen molar-refractivity contribution >= 4 is 46.8 Å². The van der Waals surface area contributed by atoms with Crippen LogP contribution < -0.4 is 5.32 Å². The fourth-order valence-electron chi connectivity index (χ4n) is 1.84. The fraction of sp³-hybridized carbons (Fsp3) is 0.111. The highest BCUT2D eigenvalue weighted by Crippen LogP contribution is 2.20. The summed E-state index contributed by atoms with van der Waals surface area (Å²) in [5.74, 6) is -1.09. The van der Waals surface area contributed by atoms with Crippen LogP contribution in [0.5, 0.6) is 0 Å². The number of ether oxygens (including phenoxy) is 1. The number of para-hydroxylation sites is 1. The Bertz CT molecular complexity index is 774. The summed E-state index contributed by atoms with van der Waals surface area (Å²) < 4.78 is 5.06. The molecule has 0 spiro atoms. The van der Waals surface area contributed by atoms with Crippen LogP contribution in [0, 0.1) is 0 Å². The van der Waals surface area contributed by atoms with E-state index in [0.29, 0.717) is 15.7 Å². The third-order valence-corrected chi connectivity index (χ3v) is 3.62. The van der Waals surface area contributed by atoms with E-state index in [1.807, 2.05) is 0 Å². The molecule has 0 aliphatic heterocycles. The summed E-state index contributed by atoms with van der Waals surface area (Å²) in [7, 11) is 0. The molecule has 2 aromatic carbocycles. The van der Waals surface area contributed by atoms with E-state index in [4.69, 9.17) is 27.9 Å². The van der Waals surface area contributed by atoms with Crippen molar-refractivity contribution in [2.75, 3.05) is 5.32 Å². The van der Waals surface area contributed by atoms with Gasteiger partial charge in [-0.05, 0) is 42.8 Å². The molecule has 24 heavy (non-hydrogen) atoms. The summed E-state index contributed by atoms with van der Waals surface area (Å²) >= 11 is 11.8. The number of carbonyl (C=O) groups excluding carboxylic acids is 2. The van der Waals surface area contributed by atoms with Crippen molar-refractivity contribution in [2.24, 2.45) is 0 Å². The minimum absolute atomic E-state index is 0.408. The van der Waals surface area contributed by atoms with Crippen molar-refractivity contribution in [2.45, 2.75) is 13.0 Å². The van der Waals surface area contributed by atoms with Gasteiger partial charge in [-0.1, -0.05) is 47.5 Å². The molecular weight excluding hydrogens is 349 g/mol. The van der Waals surface area contributed by atoms with Crippen LogP contribution in [0.4, 0.5) is 5.69 Å². The summed E-state index contributed by atoms with van der Waals surface area (Å²) in [5.41, 5.74) is 1.22. The van der Waals surface area contributed by atoms with Crippen molar-refractivity contribution in [3.63, 3.8) is 0 Å². The maximum Gasteiger partial charge on any atom is 0.331 e. The van der Waals surface area contributed by atoms with Gasteiger partial charge in [0.05, 0.1) is 10.7 Å². The minimum Gasteiger partial charge on any atom is -0.449 e. The Balaban J connectivity index is 1.91. The Hall–Kier alpha value is -2.30. The quantitative estimate of drug-likeness (QED) is 0.624. The van der Waals surface area contributed by atoms with Crippen LogP contribution in [0.1, 0.15) is 12.5 Å². The smallest absolute Gasteiger partial charge is 0.331 e. The predicted octanol–water partition coefficient (Wildman–Crippen LogP) is 4.58. The first kappa shape index (κ1) is 18.0. The van der Waals surface area contributed by atoms with Gasteiger partial charge in [0.25, 0.3) is 5.91 Å². The molecule has 0 bridgehead atoms. The molecule has 2 aromatic rings. The number of esters is 1. The van der Waals surface area contributed by atoms with Crippen LogP contribution in [0.15, 0.2) is 54.6 Å². The first-order valence-electron chi connectivity index (χ1n) is 7.15. The van der Waals surface area contributed by atoms with E-state index in [0.717, 1.165) is 5.56 Å². The van der Waals surface area contributed by atoms with Gasteiger partial charge in [-0.15, -0.1) is 0 Å². The second-order valence-electron chi connectivity index (χ2n) is 4.94. The standard InChI is InChI=1S/C18H15Cl2NO3/c1-12(18(23)21-16-8-3-2-7-15(16)20)24-17(22)10-9-13-5-4-6-14(19)11-13/h2-12H,1H3,(H,21,23)/b10-9+. The molecule has 0 aliphatic rings. The Kier molecular flexibility index (Phi) is 6.41. The average molecular weight is 364 g/mol. The number of amides is 1. The van der Waals surface area contributed by atoms with E-state index in [-0.39, 0.29) is 0 Å². The van der Waals surface area contributed by atoms with Gasteiger partial charge >= 0.3 is 5.97 Å². The predicted molar refractivity (Wildman–Crippen MR) is 96.1 cm³/mol. The van der Waals surface area contributed by atoms with Crippen molar-refractivity contribution in [3.8, 4) is 0 Å². The molecule has 4 nitrogen and oxygen atoms in total. The molecule has 0 fully saturated rings. The lowest BCUT2D eigenvalue weighted by Crippen LogP contribution is -2.29. The highest BCUT2D eigenvalue weighted by Gasteiger charge is 2.17. The molecule has 0 heterocycles. The molecular formula is C18H15Cl2NO3. The molecule has 0 aromatic heterocycles. The van der Waals surface area contributed by atoms with E-state index < -0.39 is 18.0 Å². The lowest BCUT2D eigenvalue weighted by atomic mass is 10.2. The normalized spacial score (nSPS) is 12.0. The van der Waals surface area contributed by atoms with Crippen LogP contribution >= 0.6 is 23.2 Å². The Morgan fingerprint density at radius 3 is 2.58 bits per heavy atom. The molecule has 1 unspecified atom stereocenters. The van der Waals surface area contributed by atoms with E-state index >= 15 is 0 Å². The lowest BCUT2D eigenvalue weighted by Gasteiger charge is -2.13. The highest BCUT2D eigenvalue weighted by molar-refractivity contribution is 6.33. The third-order valence-electron chi connectivity index (χ3n) is 3.05. The number of nitrogens with one attached hydrogen (secondary N) is 1. The van der Waals surface area contributed by atoms with E-state index in [1.165, 1.54) is 13.0 Å². The summed E-state index contributed by atoms with van der Waals surface area (Å²) in [6, 6.07) is 13.8. The van der Waals surface area contributed by atoms with Gasteiger partial charge in [0.2, 0.25) is 0 Å². The number of benzene rings is 2. The Labute approximate surface area is 150 Å². The van der Waals surface area contributed by atoms with Crippen molar-refractivity contribution in [1.82, 2.24) is 0 Å². The molecule has 0 radical (unpaired) electrons. The summed E-state index contributed by atoms with van der Waals surface area (Å²) in [6.07, 6.45) is 1.84. The molecule has 1 atom stereocenters. The second kappa shape index (κ2) is 8.52. The van der Waals surface area contributed by atoms with Gasteiger partial charge in [0.1, 0.15) is 0 Å². The maximum atomic E-state index is 12.0. The third kappa shape index (κ3) is 5.41. The van der Waals surface area contributed by atoms with Gasteiger partial charge in [-0.3, -0.25) is 4.79 Å². The first-order valence-corrected chi connectivity index (χ1v) is 7.91. The van der Waals surface area contributed by atoms with E-state index in [1.54, 1.807) is 54.6 Å². The zero-order valence-electron chi connectivity index (χ0n) is 12.8. The molecule has 0 aliphatic carbocycles. The number of hydrogen-bond acceptors (Lipinski definition) is 3. The zero-order chi connectivity index (χ0) is 17.5. The van der Waals surface area contributed by atoms with Crippen LogP contribution in [0.2, 0.25) is 10.0 Å². The first-order chi connectivity index (χ1) is 11.5. The molecule has 6 heteroatoms. The Morgan fingerprint density at radius 2 is 1.88 bits per heavy atom. The second-order valence-corrected chi connectivity index (χ2v) is 5.78. The molecule has 1 N–H and O–H groups in total. The fourth-order valence-corrected chi connectivity index (χ4v) is 2.22. The molecule has 1 amide bonds. The number of halogens is 2. The van der Waals surface area contributed by atoms with Crippen molar-refractivity contribution < 1.29 is 14.3 Å². The van der Waals surface area contributed by atoms with Crippen LogP contribution in [-0.4, -0.2) is 18.0 Å². The van der Waals surface area contributed by atoms with Crippen molar-refractivity contribution in [1.29, 1.82) is 0 Å². The van der Waals surface area contributed by atoms with E-state index in [9.17, 15) is 9.59 Å². The van der Waals surface area contributed by atoms with Crippen LogP contribution in [0.3, 0.4) is 0 Å². The van der Waals surface area contributed by atoms with Crippen LogP contribution in [0.25, 0.3) is 6.08 Å². The topological polar surface area (TPSA) is 55.4 Å². The summed E-state index contributed by atoms with van der Waals surface area (Å²) in [6.45, 7) is 1.48. The number of hydrogen-bond donors (Lipinski definition) is 1. The SMILES string of the molecule is CC(OC(=O)/C=C/c1cccc(Cl)c1)C(=O)Nc1ccccc1Cl. The van der Waals surface area contributed by atoms with Gasteiger partial charge in [0.15, 0.2) is 6.10 Å². The minimum atomic E-state index is -0.960. The van der Waals surface area contributed by atoms with Crippen LogP contribution in [-0.2, 0) is 14.3 Å². The van der Waals surface area contributed by atoms with E-state index in [2.05, 4.69) is 5.32 Å². The van der Waals surface area contributed by atoms with Gasteiger partial charge in [0, 0.05) is 11.1 Å². The molecule has 124 valence electrons. The summed E-state index contributed by atoms with van der Waals surface area (Å²) in [4.78, 5) is 23.8. The highest BCUT2D eigenvalue weighted by atomic mass is 35.5. The number of carbonyl (C=O) groups is 2. The monoisotopic (exact) mass is 363 g/mol. The number of anilines is 1. The molecule has 2 rings (SSSR count). The average Bonchev–Trinajstić information content (AvgIpc) is 2.55. The Morgan fingerprint density at radius 1 is 1.12 bits per heavy atom. The van der Waals surface area contributed by atoms with Gasteiger partial charge in [-0.25, -0.2) is 4.79 Å². The number of rotatable bonds is 5. The largest absolute Gasteiger partial charge is 0.449 e. The lowest BCUT2D eigenvalue weighted by molar-refractivity contribution is -0.148. The molecule has 0 saturated carbocycles. The van der Waals surface area contributed by atoms with Gasteiger partial charge in [-0.2, -0.15) is 0 Å². The van der Waals surface area contributed by atoms with Crippen molar-refractivity contribution in [3.05, 3.63) is 70.2 Å². The maximum absolute atomic E-state index is 12.0. The molecule has 0 saturated heterocycles. The van der Waals surface area contributed by atoms with Gasteiger partial charge < -0.3 is 10.1 Å².